The van der Waals surface area contributed by atoms with Gasteiger partial charge in [-0.25, -0.2) is 9.97 Å². The molecule has 4 aromatic rings. The SMILES string of the molecule is COc1cc(C(=O)N2C[C@H]3CC[C@@H]2C3N)cc2nc(-c3cc4cc(Cl)ncc4n3CC3CC3)n(C)c12. The largest absolute Gasteiger partial charge is 0.494 e. The smallest absolute Gasteiger partial charge is 0.254 e. The second kappa shape index (κ2) is 7.95. The molecule has 7 rings (SSSR count). The summed E-state index contributed by atoms with van der Waals surface area (Å²) in [5, 5.41) is 1.52. The zero-order valence-corrected chi connectivity index (χ0v) is 21.2. The fourth-order valence-electron chi connectivity index (χ4n) is 6.34. The highest BCUT2D eigenvalue weighted by Gasteiger charge is 2.47. The number of rotatable bonds is 5. The molecular weight excluding hydrogens is 476 g/mol. The van der Waals surface area contributed by atoms with Crippen molar-refractivity contribution >= 4 is 39.4 Å². The van der Waals surface area contributed by atoms with Gasteiger partial charge >= 0.3 is 0 Å². The number of nitrogens with two attached hydrogens (primary N) is 1. The number of aryl methyl sites for hydroxylation is 1. The predicted molar refractivity (Wildman–Crippen MR) is 139 cm³/mol. The summed E-state index contributed by atoms with van der Waals surface area (Å²) in [7, 11) is 3.64. The number of likely N-dealkylation sites (tertiary alicyclic amines) is 1. The van der Waals surface area contributed by atoms with Gasteiger partial charge in [0.2, 0.25) is 0 Å². The number of benzene rings is 1. The van der Waals surface area contributed by atoms with E-state index in [-0.39, 0.29) is 18.0 Å². The summed E-state index contributed by atoms with van der Waals surface area (Å²) in [6.07, 6.45) is 6.41. The minimum absolute atomic E-state index is 0.00798. The minimum atomic E-state index is 0.00798. The molecule has 3 aromatic heterocycles. The van der Waals surface area contributed by atoms with Gasteiger partial charge in [0.1, 0.15) is 16.4 Å². The molecule has 2 bridgehead atoms. The normalized spacial score (nSPS) is 23.3. The Kier molecular flexibility index (Phi) is 4.89. The van der Waals surface area contributed by atoms with Crippen LogP contribution in [0.3, 0.4) is 0 Å². The Morgan fingerprint density at radius 2 is 2.03 bits per heavy atom. The molecule has 1 saturated heterocycles. The van der Waals surface area contributed by atoms with Crippen LogP contribution < -0.4 is 10.5 Å². The molecule has 3 atom stereocenters. The molecule has 186 valence electrons. The first-order chi connectivity index (χ1) is 17.4. The number of ether oxygens (including phenoxy) is 1. The number of amides is 1. The van der Waals surface area contributed by atoms with Gasteiger partial charge < -0.3 is 24.5 Å². The number of hydrogen-bond donors (Lipinski definition) is 1. The molecule has 0 spiro atoms. The monoisotopic (exact) mass is 504 g/mol. The number of carbonyl (C=O) groups is 1. The number of carbonyl (C=O) groups excluding carboxylic acids is 1. The Bertz CT molecular complexity index is 1540. The van der Waals surface area contributed by atoms with Crippen LogP contribution in [0.5, 0.6) is 5.75 Å². The average Bonchev–Trinajstić information content (AvgIpc) is 3.28. The summed E-state index contributed by atoms with van der Waals surface area (Å²) >= 11 is 6.21. The lowest BCUT2D eigenvalue weighted by Crippen LogP contribution is -2.41. The van der Waals surface area contributed by atoms with E-state index in [1.165, 1.54) is 12.8 Å². The Balaban J connectivity index is 1.35. The van der Waals surface area contributed by atoms with E-state index in [1.807, 2.05) is 36.3 Å². The van der Waals surface area contributed by atoms with Crippen molar-refractivity contribution in [3.63, 3.8) is 0 Å². The number of halogens is 1. The predicted octanol–water partition coefficient (Wildman–Crippen LogP) is 4.22. The summed E-state index contributed by atoms with van der Waals surface area (Å²) in [5.74, 6) is 2.55. The number of methoxy groups -OCH3 is 1. The van der Waals surface area contributed by atoms with Crippen LogP contribution in [0.15, 0.2) is 30.5 Å². The molecule has 3 fully saturated rings. The Labute approximate surface area is 214 Å². The summed E-state index contributed by atoms with van der Waals surface area (Å²) in [6, 6.07) is 7.98. The van der Waals surface area contributed by atoms with Gasteiger partial charge in [0.25, 0.3) is 5.91 Å². The van der Waals surface area contributed by atoms with Gasteiger partial charge in [-0.15, -0.1) is 0 Å². The second-order valence-corrected chi connectivity index (χ2v) is 11.0. The van der Waals surface area contributed by atoms with E-state index in [2.05, 4.69) is 20.2 Å². The number of hydrogen-bond acceptors (Lipinski definition) is 5. The molecular formula is C27H29ClN6O2. The molecule has 8 nitrogen and oxygen atoms in total. The van der Waals surface area contributed by atoms with Crippen LogP contribution in [0.2, 0.25) is 5.15 Å². The fourth-order valence-corrected chi connectivity index (χ4v) is 6.51. The maximum Gasteiger partial charge on any atom is 0.254 e. The van der Waals surface area contributed by atoms with Crippen molar-refractivity contribution in [2.45, 2.75) is 44.3 Å². The van der Waals surface area contributed by atoms with Gasteiger partial charge in [-0.3, -0.25) is 4.79 Å². The maximum atomic E-state index is 13.5. The van der Waals surface area contributed by atoms with Gasteiger partial charge in [0.15, 0.2) is 5.82 Å². The third-order valence-electron chi connectivity index (χ3n) is 8.44. The number of piperidine rings is 1. The molecule has 2 saturated carbocycles. The first kappa shape index (κ1) is 22.1. The minimum Gasteiger partial charge on any atom is -0.494 e. The second-order valence-electron chi connectivity index (χ2n) is 10.6. The van der Waals surface area contributed by atoms with Crippen molar-refractivity contribution in [1.82, 2.24) is 24.0 Å². The van der Waals surface area contributed by atoms with Crippen molar-refractivity contribution in [3.8, 4) is 17.3 Å². The molecule has 1 aliphatic heterocycles. The van der Waals surface area contributed by atoms with E-state index in [0.717, 1.165) is 59.4 Å². The van der Waals surface area contributed by atoms with Crippen LogP contribution in [-0.4, -0.2) is 55.6 Å². The molecule has 2 aliphatic carbocycles. The number of pyridine rings is 1. The Morgan fingerprint density at radius 1 is 1.19 bits per heavy atom. The van der Waals surface area contributed by atoms with E-state index in [4.69, 9.17) is 27.1 Å². The van der Waals surface area contributed by atoms with Gasteiger partial charge in [-0.2, -0.15) is 0 Å². The number of imidazole rings is 1. The molecule has 1 unspecified atom stereocenters. The lowest BCUT2D eigenvalue weighted by atomic mass is 10.1. The van der Waals surface area contributed by atoms with Crippen molar-refractivity contribution in [2.24, 2.45) is 24.6 Å². The van der Waals surface area contributed by atoms with E-state index in [0.29, 0.717) is 28.3 Å². The van der Waals surface area contributed by atoms with Crippen molar-refractivity contribution in [1.29, 1.82) is 0 Å². The van der Waals surface area contributed by atoms with Crippen LogP contribution in [0.1, 0.15) is 36.0 Å². The Morgan fingerprint density at radius 3 is 2.72 bits per heavy atom. The Hall–Kier alpha value is -3.10. The highest BCUT2D eigenvalue weighted by molar-refractivity contribution is 6.30. The van der Waals surface area contributed by atoms with Crippen molar-refractivity contribution in [2.75, 3.05) is 13.7 Å². The van der Waals surface area contributed by atoms with Crippen LogP contribution >= 0.6 is 11.6 Å². The number of nitrogens with zero attached hydrogens (tertiary/aromatic N) is 5. The molecule has 1 amide bonds. The highest BCUT2D eigenvalue weighted by atomic mass is 35.5. The average molecular weight is 505 g/mol. The molecule has 1 aromatic carbocycles. The van der Waals surface area contributed by atoms with Crippen molar-refractivity contribution < 1.29 is 9.53 Å². The summed E-state index contributed by atoms with van der Waals surface area (Å²) in [6.45, 7) is 1.65. The van der Waals surface area contributed by atoms with Crippen molar-refractivity contribution in [3.05, 3.63) is 41.2 Å². The van der Waals surface area contributed by atoms with Crippen LogP contribution in [0, 0.1) is 11.8 Å². The van der Waals surface area contributed by atoms with Crippen LogP contribution in [-0.2, 0) is 13.6 Å². The van der Waals surface area contributed by atoms with Crippen LogP contribution in [0.4, 0.5) is 0 Å². The summed E-state index contributed by atoms with van der Waals surface area (Å²) in [5.41, 5.74) is 10.6. The molecule has 9 heteroatoms. The van der Waals surface area contributed by atoms with E-state index >= 15 is 0 Å². The quantitative estimate of drug-likeness (QED) is 0.411. The van der Waals surface area contributed by atoms with Gasteiger partial charge in [0, 0.05) is 43.2 Å². The van der Waals surface area contributed by atoms with E-state index in [1.54, 1.807) is 7.11 Å². The van der Waals surface area contributed by atoms with E-state index in [9.17, 15) is 4.79 Å². The first-order valence-electron chi connectivity index (χ1n) is 12.7. The third kappa shape index (κ3) is 3.27. The molecule has 0 radical (unpaired) electrons. The van der Waals surface area contributed by atoms with Crippen LogP contribution in [0.25, 0.3) is 33.5 Å². The lowest BCUT2D eigenvalue weighted by molar-refractivity contribution is 0.0700. The van der Waals surface area contributed by atoms with Gasteiger partial charge in [-0.05, 0) is 61.8 Å². The highest BCUT2D eigenvalue weighted by Crippen LogP contribution is 2.40. The van der Waals surface area contributed by atoms with Gasteiger partial charge in [0.05, 0.1) is 30.0 Å². The molecule has 2 N–H and O–H groups in total. The standard InChI is InChI=1S/C27H29ClN6O2/c1-32-25-18(7-17(9-22(25)36-2)27(35)34-13-15-5-6-19(34)24(15)29)31-26(32)20-8-16-10-23(28)30-11-21(16)33(20)12-14-3-4-14/h7-11,14-15,19,24H,3-6,12-13,29H2,1-2H3/t15-,19-,24?/m1/s1. The zero-order valence-electron chi connectivity index (χ0n) is 20.4. The zero-order chi connectivity index (χ0) is 24.7. The summed E-state index contributed by atoms with van der Waals surface area (Å²) < 4.78 is 10.1. The van der Waals surface area contributed by atoms with E-state index < -0.39 is 0 Å². The lowest BCUT2D eigenvalue weighted by Gasteiger charge is -2.27. The molecule has 36 heavy (non-hydrogen) atoms. The summed E-state index contributed by atoms with van der Waals surface area (Å²) in [4.78, 5) is 24.9. The number of aromatic nitrogens is 4. The maximum absolute atomic E-state index is 13.5. The number of fused-ring (bicyclic) bond motifs is 4. The molecule has 3 aliphatic rings. The third-order valence-corrected chi connectivity index (χ3v) is 8.64. The molecule has 4 heterocycles. The van der Waals surface area contributed by atoms with Gasteiger partial charge in [-0.1, -0.05) is 11.6 Å². The topological polar surface area (TPSA) is 91.2 Å². The fraction of sp³-hybridized carbons (Fsp3) is 0.444. The first-order valence-corrected chi connectivity index (χ1v) is 13.1.